The highest BCUT2D eigenvalue weighted by Crippen LogP contribution is 2.37. The zero-order valence-corrected chi connectivity index (χ0v) is 21.2. The van der Waals surface area contributed by atoms with E-state index >= 15 is 0 Å². The van der Waals surface area contributed by atoms with E-state index in [2.05, 4.69) is 25.6 Å². The topological polar surface area (TPSA) is 142 Å². The van der Waals surface area contributed by atoms with Gasteiger partial charge in [-0.25, -0.2) is 4.98 Å². The molecule has 10 heteroatoms. The van der Waals surface area contributed by atoms with Crippen molar-refractivity contribution < 1.29 is 14.2 Å². The largest absolute Gasteiger partial charge is 0.493 e. The number of nitrogens with one attached hydrogen (secondary N) is 2. The van der Waals surface area contributed by atoms with Gasteiger partial charge in [-0.3, -0.25) is 9.97 Å². The molecule has 0 saturated carbocycles. The van der Waals surface area contributed by atoms with Gasteiger partial charge in [-0.1, -0.05) is 0 Å². The van der Waals surface area contributed by atoms with Crippen molar-refractivity contribution in [1.29, 1.82) is 0 Å². The van der Waals surface area contributed by atoms with Gasteiger partial charge in [0.25, 0.3) is 0 Å². The Kier molecular flexibility index (Phi) is 7.50. The van der Waals surface area contributed by atoms with Gasteiger partial charge in [0, 0.05) is 53.9 Å². The second-order valence-electron chi connectivity index (χ2n) is 9.27. The highest BCUT2D eigenvalue weighted by molar-refractivity contribution is 6.10. The van der Waals surface area contributed by atoms with E-state index < -0.39 is 0 Å². The standard InChI is InChI=1S/C27H33N7O3/c1-35-25-8-21-20-7-23(34-27(29)22(20)14-33-24(21)9-26(25)36-2)16-6-19(13-30-10-16)37-15-17(28)11-31-12-18-4-3-5-32-18/h6-10,13-14,17-18,31-32H,3-5,11-12,15,28H2,1-2H3,(H2,29,34)/t17-,18-/m0/s1. The van der Waals surface area contributed by atoms with Crippen LogP contribution in [0.5, 0.6) is 17.2 Å². The Morgan fingerprint density at radius 2 is 1.89 bits per heavy atom. The SMILES string of the molecule is COc1cc2ncc3c(N)nc(-c4cncc(OC[C@@H](N)CNC[C@@H]5CCCN5)c4)cc3c2cc1OC. The van der Waals surface area contributed by atoms with Crippen molar-refractivity contribution >= 4 is 27.5 Å². The van der Waals surface area contributed by atoms with Gasteiger partial charge in [0.1, 0.15) is 18.2 Å². The molecule has 6 N–H and O–H groups in total. The van der Waals surface area contributed by atoms with Crippen molar-refractivity contribution in [1.82, 2.24) is 25.6 Å². The van der Waals surface area contributed by atoms with Crippen molar-refractivity contribution in [3.63, 3.8) is 0 Å². The molecule has 1 aromatic carbocycles. The number of rotatable bonds is 10. The van der Waals surface area contributed by atoms with Gasteiger partial charge in [-0.15, -0.1) is 0 Å². The molecule has 2 atom stereocenters. The Labute approximate surface area is 215 Å². The number of aromatic nitrogens is 3. The molecule has 0 aliphatic carbocycles. The molecule has 0 unspecified atom stereocenters. The summed E-state index contributed by atoms with van der Waals surface area (Å²) in [6.45, 7) is 3.08. The van der Waals surface area contributed by atoms with Crippen LogP contribution >= 0.6 is 0 Å². The zero-order valence-electron chi connectivity index (χ0n) is 21.2. The van der Waals surface area contributed by atoms with E-state index in [0.29, 0.717) is 48.0 Å². The summed E-state index contributed by atoms with van der Waals surface area (Å²) in [6, 6.07) is 8.04. The fraction of sp³-hybridized carbons (Fsp3) is 0.370. The lowest BCUT2D eigenvalue weighted by atomic mass is 10.0. The maximum atomic E-state index is 6.35. The normalized spacial score (nSPS) is 16.2. The Morgan fingerprint density at radius 3 is 2.68 bits per heavy atom. The van der Waals surface area contributed by atoms with E-state index in [4.69, 9.17) is 25.7 Å². The zero-order chi connectivity index (χ0) is 25.8. The van der Waals surface area contributed by atoms with Gasteiger partial charge in [0.2, 0.25) is 0 Å². The fourth-order valence-corrected chi connectivity index (χ4v) is 4.68. The van der Waals surface area contributed by atoms with Crippen molar-refractivity contribution in [2.45, 2.75) is 24.9 Å². The number of fused-ring (bicyclic) bond motifs is 3. The van der Waals surface area contributed by atoms with Crippen molar-refractivity contribution in [3.8, 4) is 28.5 Å². The van der Waals surface area contributed by atoms with Gasteiger partial charge in [0.05, 0.1) is 37.7 Å². The first-order valence-corrected chi connectivity index (χ1v) is 12.4. The molecule has 0 radical (unpaired) electrons. The molecular weight excluding hydrogens is 470 g/mol. The number of nitrogen functional groups attached to an aromatic ring is 1. The van der Waals surface area contributed by atoms with Crippen LogP contribution < -0.4 is 36.3 Å². The molecule has 1 aliphatic rings. The minimum Gasteiger partial charge on any atom is -0.493 e. The molecule has 3 aromatic heterocycles. The lowest BCUT2D eigenvalue weighted by molar-refractivity contribution is 0.282. The first-order chi connectivity index (χ1) is 18.1. The number of ether oxygens (including phenoxy) is 3. The number of hydrogen-bond acceptors (Lipinski definition) is 10. The first-order valence-electron chi connectivity index (χ1n) is 12.4. The number of methoxy groups -OCH3 is 2. The molecule has 10 nitrogen and oxygen atoms in total. The highest BCUT2D eigenvalue weighted by Gasteiger charge is 2.15. The number of anilines is 1. The first kappa shape index (κ1) is 24.9. The number of nitrogens with two attached hydrogens (primary N) is 2. The highest BCUT2D eigenvalue weighted by atomic mass is 16.5. The van der Waals surface area contributed by atoms with Crippen molar-refractivity contribution in [2.75, 3.05) is 46.2 Å². The molecule has 0 bridgehead atoms. The smallest absolute Gasteiger partial charge is 0.162 e. The second-order valence-corrected chi connectivity index (χ2v) is 9.27. The summed E-state index contributed by atoms with van der Waals surface area (Å²) in [7, 11) is 3.21. The van der Waals surface area contributed by atoms with E-state index in [1.54, 1.807) is 32.8 Å². The molecule has 0 amide bonds. The molecule has 4 aromatic rings. The molecule has 5 rings (SSSR count). The van der Waals surface area contributed by atoms with Crippen LogP contribution in [0.2, 0.25) is 0 Å². The third-order valence-electron chi connectivity index (χ3n) is 6.65. The average molecular weight is 504 g/mol. The Morgan fingerprint density at radius 1 is 1.05 bits per heavy atom. The van der Waals surface area contributed by atoms with E-state index in [-0.39, 0.29) is 6.04 Å². The van der Waals surface area contributed by atoms with Crippen molar-refractivity contribution in [3.05, 3.63) is 42.9 Å². The molecule has 194 valence electrons. The fourth-order valence-electron chi connectivity index (χ4n) is 4.68. The Balaban J connectivity index is 1.35. The number of benzene rings is 1. The Bertz CT molecular complexity index is 1390. The lowest BCUT2D eigenvalue weighted by Crippen LogP contribution is -2.42. The molecule has 37 heavy (non-hydrogen) atoms. The van der Waals surface area contributed by atoms with Crippen LogP contribution in [0.15, 0.2) is 42.9 Å². The number of nitrogens with zero attached hydrogens (tertiary/aromatic N) is 3. The van der Waals surface area contributed by atoms with Crippen LogP contribution in [0, 0.1) is 0 Å². The minimum atomic E-state index is -0.134. The minimum absolute atomic E-state index is 0.134. The maximum absolute atomic E-state index is 6.35. The van der Waals surface area contributed by atoms with E-state index in [1.807, 2.05) is 24.3 Å². The van der Waals surface area contributed by atoms with E-state index in [1.165, 1.54) is 12.8 Å². The monoisotopic (exact) mass is 503 g/mol. The molecule has 1 fully saturated rings. The van der Waals surface area contributed by atoms with Crippen molar-refractivity contribution in [2.24, 2.45) is 5.73 Å². The lowest BCUT2D eigenvalue weighted by Gasteiger charge is -2.16. The third-order valence-corrected chi connectivity index (χ3v) is 6.65. The molecule has 1 saturated heterocycles. The quantitative estimate of drug-likeness (QED) is 0.238. The summed E-state index contributed by atoms with van der Waals surface area (Å²) in [5.74, 6) is 2.23. The Hall–Kier alpha value is -3.73. The summed E-state index contributed by atoms with van der Waals surface area (Å²) in [5.41, 5.74) is 14.8. The van der Waals surface area contributed by atoms with Gasteiger partial charge >= 0.3 is 0 Å². The van der Waals surface area contributed by atoms with Crippen LogP contribution in [0.4, 0.5) is 5.82 Å². The predicted octanol–water partition coefficient (Wildman–Crippen LogP) is 2.49. The van der Waals surface area contributed by atoms with E-state index in [0.717, 1.165) is 40.3 Å². The third kappa shape index (κ3) is 5.51. The van der Waals surface area contributed by atoms with Gasteiger partial charge in [-0.2, -0.15) is 0 Å². The van der Waals surface area contributed by atoms with E-state index in [9.17, 15) is 0 Å². The second kappa shape index (κ2) is 11.1. The summed E-state index contributed by atoms with van der Waals surface area (Å²) in [6.07, 6.45) is 7.58. The molecule has 4 heterocycles. The summed E-state index contributed by atoms with van der Waals surface area (Å²) < 4.78 is 16.9. The molecule has 1 aliphatic heterocycles. The summed E-state index contributed by atoms with van der Waals surface area (Å²) >= 11 is 0. The predicted molar refractivity (Wildman–Crippen MR) is 145 cm³/mol. The van der Waals surface area contributed by atoms with Crippen LogP contribution in [0.1, 0.15) is 12.8 Å². The van der Waals surface area contributed by atoms with Crippen LogP contribution in [0.25, 0.3) is 32.9 Å². The van der Waals surface area contributed by atoms with Crippen LogP contribution in [0.3, 0.4) is 0 Å². The van der Waals surface area contributed by atoms with Gasteiger partial charge < -0.3 is 36.3 Å². The maximum Gasteiger partial charge on any atom is 0.162 e. The van der Waals surface area contributed by atoms with Gasteiger partial charge in [0.15, 0.2) is 11.5 Å². The number of pyridine rings is 3. The molecule has 0 spiro atoms. The summed E-state index contributed by atoms with van der Waals surface area (Å²) in [5, 5.41) is 9.45. The summed E-state index contributed by atoms with van der Waals surface area (Å²) in [4.78, 5) is 13.5. The van der Waals surface area contributed by atoms with Crippen LogP contribution in [-0.2, 0) is 0 Å². The van der Waals surface area contributed by atoms with Gasteiger partial charge in [-0.05, 0) is 43.0 Å². The molecular formula is C27H33N7O3. The van der Waals surface area contributed by atoms with Crippen LogP contribution in [-0.4, -0.2) is 67.5 Å². The average Bonchev–Trinajstić information content (AvgIpc) is 3.44. The number of hydrogen-bond donors (Lipinski definition) is 4.